The molecule has 2 aromatic heterocycles. The Kier molecular flexibility index (Phi) is 7.30. The third kappa shape index (κ3) is 5.93. The van der Waals surface area contributed by atoms with Gasteiger partial charge in [-0.1, -0.05) is 18.2 Å². The van der Waals surface area contributed by atoms with Crippen LogP contribution in [0.5, 0.6) is 11.5 Å². The minimum Gasteiger partial charge on any atom is -0.489 e. The number of halogens is 1. The third-order valence-electron chi connectivity index (χ3n) is 6.09. The lowest BCUT2D eigenvalue weighted by Crippen LogP contribution is -2.50. The van der Waals surface area contributed by atoms with Gasteiger partial charge in [-0.25, -0.2) is 9.18 Å². The summed E-state index contributed by atoms with van der Waals surface area (Å²) in [7, 11) is 1.56. The van der Waals surface area contributed by atoms with Crippen molar-refractivity contribution in [2.75, 3.05) is 25.2 Å². The number of rotatable bonds is 7. The number of hydrogen-bond acceptors (Lipinski definition) is 7. The van der Waals surface area contributed by atoms with Crippen molar-refractivity contribution in [1.29, 1.82) is 0 Å². The monoisotopic (exact) mass is 529 g/mol. The molecule has 2 amide bonds. The Balaban J connectivity index is 1.22. The van der Waals surface area contributed by atoms with Gasteiger partial charge in [-0.15, -0.1) is 0 Å². The summed E-state index contributed by atoms with van der Waals surface area (Å²) in [5.41, 5.74) is 2.17. The molecule has 1 aliphatic rings. The summed E-state index contributed by atoms with van der Waals surface area (Å²) in [4.78, 5) is 43.7. The molecule has 1 atom stereocenters. The zero-order chi connectivity index (χ0) is 27.4. The predicted molar refractivity (Wildman–Crippen MR) is 139 cm³/mol. The molecule has 1 N–H and O–H groups in total. The minimum absolute atomic E-state index is 0.0995. The Morgan fingerprint density at radius 3 is 2.79 bits per heavy atom. The Morgan fingerprint density at radius 1 is 1.13 bits per heavy atom. The summed E-state index contributed by atoms with van der Waals surface area (Å²) < 4.78 is 26.0. The fourth-order valence-electron chi connectivity index (χ4n) is 4.08. The number of Topliss-reactive ketones (excluding diaryl/α,β-unsaturated/α-hetero) is 1. The average Bonchev–Trinajstić information content (AvgIpc) is 3.38. The first-order valence-corrected chi connectivity index (χ1v) is 12.1. The molecule has 0 radical (unpaired) electrons. The zero-order valence-corrected chi connectivity index (χ0v) is 20.9. The number of pyridine rings is 1. The van der Waals surface area contributed by atoms with E-state index in [2.05, 4.69) is 15.4 Å². The largest absolute Gasteiger partial charge is 0.489 e. The highest BCUT2D eigenvalue weighted by Gasteiger charge is 2.31. The van der Waals surface area contributed by atoms with E-state index in [1.807, 2.05) is 0 Å². The number of nitrogens with one attached hydrogen (secondary N) is 1. The smallest absolute Gasteiger partial charge is 0.342 e. The lowest BCUT2D eigenvalue weighted by atomic mass is 10.1. The first kappa shape index (κ1) is 25.6. The van der Waals surface area contributed by atoms with Gasteiger partial charge < -0.3 is 19.7 Å². The van der Waals surface area contributed by atoms with Crippen molar-refractivity contribution in [1.82, 2.24) is 20.1 Å². The maximum atomic E-state index is 13.5. The van der Waals surface area contributed by atoms with Gasteiger partial charge in [0.25, 0.3) is 5.91 Å². The van der Waals surface area contributed by atoms with Crippen LogP contribution in [0.2, 0.25) is 0 Å². The Labute approximate surface area is 223 Å². The zero-order valence-electron chi connectivity index (χ0n) is 20.9. The Bertz CT molecular complexity index is 1520. The van der Waals surface area contributed by atoms with Crippen molar-refractivity contribution in [2.45, 2.75) is 12.5 Å². The fourth-order valence-corrected chi connectivity index (χ4v) is 4.08. The first-order chi connectivity index (χ1) is 18.9. The number of carbonyl (C=O) groups is 3. The van der Waals surface area contributed by atoms with E-state index in [0.717, 1.165) is 10.2 Å². The average molecular weight is 530 g/mol. The number of anilines is 1. The molecule has 0 fully saturated rings. The van der Waals surface area contributed by atoms with Crippen LogP contribution in [-0.4, -0.2) is 58.8 Å². The molecule has 0 spiro atoms. The second-order valence-corrected chi connectivity index (χ2v) is 8.87. The van der Waals surface area contributed by atoms with Crippen LogP contribution in [-0.2, 0) is 11.2 Å². The van der Waals surface area contributed by atoms with Gasteiger partial charge in [0.1, 0.15) is 35.7 Å². The number of likely N-dealkylation sites (N-methyl/N-ethyl adjacent to an activating group) is 1. The molecule has 0 saturated carbocycles. The molecule has 4 aromatic rings. The molecule has 0 saturated heterocycles. The molecule has 5 rings (SSSR count). The van der Waals surface area contributed by atoms with E-state index in [-0.39, 0.29) is 24.8 Å². The van der Waals surface area contributed by atoms with E-state index in [4.69, 9.17) is 9.47 Å². The van der Waals surface area contributed by atoms with Crippen molar-refractivity contribution in [2.24, 2.45) is 0 Å². The summed E-state index contributed by atoms with van der Waals surface area (Å²) in [6.45, 7) is -0.324. The van der Waals surface area contributed by atoms with Gasteiger partial charge in [0, 0.05) is 31.9 Å². The highest BCUT2D eigenvalue weighted by Crippen LogP contribution is 2.34. The van der Waals surface area contributed by atoms with Crippen LogP contribution < -0.4 is 19.7 Å². The maximum Gasteiger partial charge on any atom is 0.342 e. The summed E-state index contributed by atoms with van der Waals surface area (Å²) in [6, 6.07) is 14.5. The number of fused-ring (bicyclic) bond motifs is 1. The standard InChI is InChI=1S/C28H24FN5O5/c1-33-24-13-21(38-17-25(35)22-7-2-3-10-30-22)8-9-26(24)39-16-23(27(33)36)32-28(37)34-15-19(14-31-34)11-18-5-4-6-20(29)12-18/h2-10,12-15,23H,11,16-17H2,1H3,(H,32,37)/t23-/m0/s1. The molecule has 0 aliphatic carbocycles. The van der Waals surface area contributed by atoms with E-state index in [0.29, 0.717) is 34.9 Å². The number of carbonyl (C=O) groups excluding carboxylic acids is 3. The first-order valence-electron chi connectivity index (χ1n) is 12.1. The predicted octanol–water partition coefficient (Wildman–Crippen LogP) is 3.25. The summed E-state index contributed by atoms with van der Waals surface area (Å²) in [5, 5.41) is 6.72. The molecule has 11 heteroatoms. The molecule has 10 nitrogen and oxygen atoms in total. The Hall–Kier alpha value is -5.06. The molecule has 0 unspecified atom stereocenters. The number of ether oxygens (including phenoxy) is 2. The summed E-state index contributed by atoms with van der Waals surface area (Å²) in [5.74, 6) is -0.248. The molecule has 198 valence electrons. The van der Waals surface area contributed by atoms with E-state index in [1.54, 1.807) is 55.6 Å². The summed E-state index contributed by atoms with van der Waals surface area (Å²) >= 11 is 0. The van der Waals surface area contributed by atoms with E-state index >= 15 is 0 Å². The third-order valence-corrected chi connectivity index (χ3v) is 6.09. The van der Waals surface area contributed by atoms with Gasteiger partial charge in [-0.3, -0.25) is 14.6 Å². The quantitative estimate of drug-likeness (QED) is 0.366. The number of nitrogens with zero attached hydrogens (tertiary/aromatic N) is 4. The van der Waals surface area contributed by atoms with Crippen LogP contribution >= 0.6 is 0 Å². The van der Waals surface area contributed by atoms with Crippen molar-refractivity contribution in [3.63, 3.8) is 0 Å². The topological polar surface area (TPSA) is 116 Å². The number of hydrogen-bond donors (Lipinski definition) is 1. The summed E-state index contributed by atoms with van der Waals surface area (Å²) in [6.07, 6.45) is 4.96. The van der Waals surface area contributed by atoms with Crippen molar-refractivity contribution >= 4 is 23.4 Å². The van der Waals surface area contributed by atoms with E-state index in [1.165, 1.54) is 35.6 Å². The fraction of sp³-hybridized carbons (Fsp3) is 0.179. The van der Waals surface area contributed by atoms with Crippen LogP contribution in [0.4, 0.5) is 14.9 Å². The molecule has 1 aliphatic heterocycles. The lowest BCUT2D eigenvalue weighted by molar-refractivity contribution is -0.120. The number of ketones is 1. The molecule has 0 bridgehead atoms. The van der Waals surface area contributed by atoms with Crippen molar-refractivity contribution < 1.29 is 28.2 Å². The number of amides is 2. The van der Waals surface area contributed by atoms with E-state index in [9.17, 15) is 18.8 Å². The van der Waals surface area contributed by atoms with Gasteiger partial charge in [-0.2, -0.15) is 9.78 Å². The van der Waals surface area contributed by atoms with Gasteiger partial charge >= 0.3 is 6.03 Å². The van der Waals surface area contributed by atoms with Crippen LogP contribution in [0.1, 0.15) is 21.6 Å². The Morgan fingerprint density at radius 2 is 2.00 bits per heavy atom. The second-order valence-electron chi connectivity index (χ2n) is 8.87. The lowest BCUT2D eigenvalue weighted by Gasteiger charge is -2.20. The van der Waals surface area contributed by atoms with Crippen molar-refractivity contribution in [3.05, 3.63) is 102 Å². The van der Waals surface area contributed by atoms with Crippen LogP contribution in [0.25, 0.3) is 0 Å². The van der Waals surface area contributed by atoms with Gasteiger partial charge in [0.2, 0.25) is 5.78 Å². The van der Waals surface area contributed by atoms with Gasteiger partial charge in [0.15, 0.2) is 6.61 Å². The minimum atomic E-state index is -0.985. The van der Waals surface area contributed by atoms with Crippen LogP contribution in [0.15, 0.2) is 79.3 Å². The van der Waals surface area contributed by atoms with Gasteiger partial charge in [0.05, 0.1) is 11.9 Å². The highest BCUT2D eigenvalue weighted by atomic mass is 19.1. The maximum absolute atomic E-state index is 13.5. The molecule has 3 heterocycles. The van der Waals surface area contributed by atoms with Crippen LogP contribution in [0.3, 0.4) is 0 Å². The van der Waals surface area contributed by atoms with Crippen LogP contribution in [0, 0.1) is 5.82 Å². The molecular weight excluding hydrogens is 505 g/mol. The molecule has 39 heavy (non-hydrogen) atoms. The van der Waals surface area contributed by atoms with Gasteiger partial charge in [-0.05, 0) is 47.5 Å². The molecule has 2 aromatic carbocycles. The SMILES string of the molecule is CN1C(=O)[C@@H](NC(=O)n2cc(Cc3cccc(F)c3)cn2)COc2ccc(OCC(=O)c3ccccn3)cc21. The second kappa shape index (κ2) is 11.1. The number of benzene rings is 2. The normalized spacial score (nSPS) is 14.7. The van der Waals surface area contributed by atoms with E-state index < -0.39 is 18.0 Å². The number of aromatic nitrogens is 3. The van der Waals surface area contributed by atoms with Crippen molar-refractivity contribution in [3.8, 4) is 11.5 Å². The highest BCUT2D eigenvalue weighted by molar-refractivity contribution is 6.01. The molecular formula is C28H24FN5O5.